The highest BCUT2D eigenvalue weighted by molar-refractivity contribution is 5.84. The second kappa shape index (κ2) is 4.89. The number of fused-ring (bicyclic) bond motifs is 1. The number of rotatable bonds is 3. The lowest BCUT2D eigenvalue weighted by molar-refractivity contribution is 1.06. The first-order valence-corrected chi connectivity index (χ1v) is 5.96. The molecule has 1 aromatic carbocycles. The van der Waals surface area contributed by atoms with E-state index in [-0.39, 0.29) is 5.69 Å². The number of pyridine rings is 1. The second-order valence-corrected chi connectivity index (χ2v) is 4.13. The van der Waals surface area contributed by atoms with Crippen LogP contribution in [-0.4, -0.2) is 15.0 Å². The summed E-state index contributed by atoms with van der Waals surface area (Å²) in [6.07, 6.45) is 1.68. The normalized spacial score (nSPS) is 10.5. The first kappa shape index (κ1) is 11.4. The number of aromatic nitrogens is 3. The molecule has 2 aromatic heterocycles. The lowest BCUT2D eigenvalue weighted by Crippen LogP contribution is -2.14. The molecule has 0 aliphatic carbocycles. The van der Waals surface area contributed by atoms with Gasteiger partial charge in [-0.05, 0) is 17.7 Å². The Labute approximate surface area is 109 Å². The van der Waals surface area contributed by atoms with Crippen LogP contribution < -0.4 is 11.0 Å². The quantitative estimate of drug-likeness (QED) is 0.747. The van der Waals surface area contributed by atoms with Crippen molar-refractivity contribution >= 4 is 16.9 Å². The molecule has 0 spiro atoms. The molecule has 0 radical (unpaired) electrons. The Hall–Kier alpha value is -2.69. The van der Waals surface area contributed by atoms with Crippen LogP contribution in [0.25, 0.3) is 11.0 Å². The van der Waals surface area contributed by atoms with Gasteiger partial charge in [-0.15, -0.1) is 0 Å². The van der Waals surface area contributed by atoms with Crippen molar-refractivity contribution in [2.45, 2.75) is 6.54 Å². The van der Waals surface area contributed by atoms with Gasteiger partial charge in [0.1, 0.15) is 5.52 Å². The van der Waals surface area contributed by atoms with Gasteiger partial charge < -0.3 is 10.3 Å². The van der Waals surface area contributed by atoms with E-state index < -0.39 is 0 Å². The third-order valence-corrected chi connectivity index (χ3v) is 2.79. The molecule has 94 valence electrons. The lowest BCUT2D eigenvalue weighted by Gasteiger charge is -2.07. The highest BCUT2D eigenvalue weighted by atomic mass is 16.1. The topological polar surface area (TPSA) is 70.7 Å². The summed E-state index contributed by atoms with van der Waals surface area (Å²) in [4.78, 5) is 22.3. The molecule has 0 fully saturated rings. The van der Waals surface area contributed by atoms with Gasteiger partial charge in [0.2, 0.25) is 0 Å². The minimum atomic E-state index is -0.379. The van der Waals surface area contributed by atoms with Crippen LogP contribution in [0.3, 0.4) is 0 Å². The van der Waals surface area contributed by atoms with Crippen LogP contribution in [0.4, 0.5) is 5.82 Å². The van der Waals surface area contributed by atoms with Crippen molar-refractivity contribution in [2.75, 3.05) is 5.32 Å². The standard InChI is InChI=1S/C14H12N4O/c19-14-17-11-7-4-8-15-12(11)13(18-14)16-9-10-5-2-1-3-6-10/h1-8H,9H2,(H2,16,17,18,19). The predicted octanol–water partition coefficient (Wildman–Crippen LogP) is 1.93. The van der Waals surface area contributed by atoms with Crippen molar-refractivity contribution in [3.8, 4) is 0 Å². The molecule has 2 heterocycles. The van der Waals surface area contributed by atoms with Crippen molar-refractivity contribution in [1.29, 1.82) is 0 Å². The van der Waals surface area contributed by atoms with E-state index in [1.54, 1.807) is 18.3 Å². The molecule has 0 atom stereocenters. The van der Waals surface area contributed by atoms with Gasteiger partial charge in [0.05, 0.1) is 5.52 Å². The third-order valence-electron chi connectivity index (χ3n) is 2.79. The molecule has 3 rings (SSSR count). The van der Waals surface area contributed by atoms with E-state index in [0.717, 1.165) is 5.56 Å². The SMILES string of the molecule is O=c1nc(NCc2ccccc2)c2ncccc2[nH]1. The van der Waals surface area contributed by atoms with Crippen molar-refractivity contribution < 1.29 is 0 Å². The van der Waals surface area contributed by atoms with E-state index in [1.165, 1.54) is 0 Å². The van der Waals surface area contributed by atoms with E-state index in [0.29, 0.717) is 23.4 Å². The molecule has 0 bridgehead atoms. The Bertz CT molecular complexity index is 752. The summed E-state index contributed by atoms with van der Waals surface area (Å²) in [6, 6.07) is 13.5. The van der Waals surface area contributed by atoms with Crippen LogP contribution in [-0.2, 0) is 6.54 Å². The molecular weight excluding hydrogens is 240 g/mol. The summed E-state index contributed by atoms with van der Waals surface area (Å²) in [5, 5.41) is 3.15. The first-order chi connectivity index (χ1) is 9.33. The Balaban J connectivity index is 1.94. The number of benzene rings is 1. The number of anilines is 1. The molecular formula is C14H12N4O. The van der Waals surface area contributed by atoms with Crippen molar-refractivity contribution in [3.05, 3.63) is 64.7 Å². The summed E-state index contributed by atoms with van der Waals surface area (Å²) in [5.74, 6) is 0.503. The fraction of sp³-hybridized carbons (Fsp3) is 0.0714. The molecule has 0 aliphatic rings. The van der Waals surface area contributed by atoms with Crippen molar-refractivity contribution in [1.82, 2.24) is 15.0 Å². The summed E-state index contributed by atoms with van der Waals surface area (Å²) in [7, 11) is 0. The minimum absolute atomic E-state index is 0.379. The van der Waals surface area contributed by atoms with Crippen molar-refractivity contribution in [2.24, 2.45) is 0 Å². The maximum Gasteiger partial charge on any atom is 0.347 e. The molecule has 5 heteroatoms. The fourth-order valence-corrected chi connectivity index (χ4v) is 1.90. The molecule has 0 unspecified atom stereocenters. The van der Waals surface area contributed by atoms with Crippen LogP contribution in [0.15, 0.2) is 53.5 Å². The maximum absolute atomic E-state index is 11.5. The van der Waals surface area contributed by atoms with Gasteiger partial charge in [-0.25, -0.2) is 4.79 Å². The third kappa shape index (κ3) is 2.44. The number of nitrogens with one attached hydrogen (secondary N) is 2. The monoisotopic (exact) mass is 252 g/mol. The number of hydrogen-bond acceptors (Lipinski definition) is 4. The molecule has 5 nitrogen and oxygen atoms in total. The maximum atomic E-state index is 11.5. The van der Waals surface area contributed by atoms with Gasteiger partial charge in [-0.1, -0.05) is 30.3 Å². The Kier molecular flexibility index (Phi) is 2.94. The Morgan fingerprint density at radius 1 is 1.11 bits per heavy atom. The molecule has 2 N–H and O–H groups in total. The summed E-state index contributed by atoms with van der Waals surface area (Å²) < 4.78 is 0. The lowest BCUT2D eigenvalue weighted by atomic mass is 10.2. The molecule has 0 saturated carbocycles. The van der Waals surface area contributed by atoms with Crippen LogP contribution in [0.2, 0.25) is 0 Å². The highest BCUT2D eigenvalue weighted by Crippen LogP contribution is 2.14. The minimum Gasteiger partial charge on any atom is -0.364 e. The summed E-state index contributed by atoms with van der Waals surface area (Å²) in [5.41, 5.74) is 2.08. The van der Waals surface area contributed by atoms with E-state index in [1.807, 2.05) is 30.3 Å². The molecule has 3 aromatic rings. The zero-order chi connectivity index (χ0) is 13.1. The Morgan fingerprint density at radius 2 is 1.95 bits per heavy atom. The number of aromatic amines is 1. The zero-order valence-electron chi connectivity index (χ0n) is 10.1. The number of H-pyrrole nitrogens is 1. The van der Waals surface area contributed by atoms with E-state index in [2.05, 4.69) is 20.3 Å². The molecule has 19 heavy (non-hydrogen) atoms. The highest BCUT2D eigenvalue weighted by Gasteiger charge is 2.05. The van der Waals surface area contributed by atoms with Crippen molar-refractivity contribution in [3.63, 3.8) is 0 Å². The van der Waals surface area contributed by atoms with Crippen LogP contribution in [0.1, 0.15) is 5.56 Å². The second-order valence-electron chi connectivity index (χ2n) is 4.13. The largest absolute Gasteiger partial charge is 0.364 e. The van der Waals surface area contributed by atoms with E-state index in [4.69, 9.17) is 0 Å². The van der Waals surface area contributed by atoms with E-state index >= 15 is 0 Å². The number of hydrogen-bond donors (Lipinski definition) is 2. The predicted molar refractivity (Wildman–Crippen MR) is 73.9 cm³/mol. The van der Waals surface area contributed by atoms with Gasteiger partial charge in [-0.3, -0.25) is 4.98 Å². The molecule has 0 amide bonds. The van der Waals surface area contributed by atoms with Gasteiger partial charge in [0.25, 0.3) is 0 Å². The van der Waals surface area contributed by atoms with E-state index in [9.17, 15) is 4.79 Å². The number of nitrogens with zero attached hydrogens (tertiary/aromatic N) is 2. The fourth-order valence-electron chi connectivity index (χ4n) is 1.90. The average Bonchev–Trinajstić information content (AvgIpc) is 2.45. The van der Waals surface area contributed by atoms with Crippen LogP contribution >= 0.6 is 0 Å². The first-order valence-electron chi connectivity index (χ1n) is 5.96. The van der Waals surface area contributed by atoms with Gasteiger partial charge in [-0.2, -0.15) is 4.98 Å². The summed E-state index contributed by atoms with van der Waals surface area (Å²) in [6.45, 7) is 0.600. The smallest absolute Gasteiger partial charge is 0.347 e. The molecule has 0 aliphatic heterocycles. The zero-order valence-corrected chi connectivity index (χ0v) is 10.1. The Morgan fingerprint density at radius 3 is 2.79 bits per heavy atom. The summed E-state index contributed by atoms with van der Waals surface area (Å²) >= 11 is 0. The van der Waals surface area contributed by atoms with Crippen LogP contribution in [0, 0.1) is 0 Å². The van der Waals surface area contributed by atoms with Gasteiger partial charge in [0, 0.05) is 12.7 Å². The van der Waals surface area contributed by atoms with Gasteiger partial charge in [0.15, 0.2) is 5.82 Å². The van der Waals surface area contributed by atoms with Gasteiger partial charge >= 0.3 is 5.69 Å². The molecule has 0 saturated heterocycles. The van der Waals surface area contributed by atoms with Crippen LogP contribution in [0.5, 0.6) is 0 Å². The average molecular weight is 252 g/mol.